The van der Waals surface area contributed by atoms with Gasteiger partial charge in [0, 0.05) is 5.39 Å². The number of halogens is 1. The number of nitrogens with zero attached hydrogens (tertiary/aromatic N) is 2. The molecule has 0 N–H and O–H groups in total. The molecule has 0 amide bonds. The molecule has 0 aliphatic heterocycles. The second-order valence-corrected chi connectivity index (χ2v) is 4.07. The summed E-state index contributed by atoms with van der Waals surface area (Å²) in [5.74, 6) is 0. The lowest BCUT2D eigenvalue weighted by molar-refractivity contribution is -0.384. The normalized spacial score (nSPS) is 10.7. The van der Waals surface area contributed by atoms with E-state index in [1.807, 2.05) is 26.0 Å². The molecule has 2 aromatic rings. The molecule has 0 spiro atoms. The highest BCUT2D eigenvalue weighted by Crippen LogP contribution is 2.32. The Bertz CT molecular complexity index is 596. The number of fused-ring (bicyclic) bond motifs is 1. The van der Waals surface area contributed by atoms with Gasteiger partial charge in [-0.05, 0) is 25.5 Å². The first-order chi connectivity index (χ1) is 7.50. The predicted octanol–water partition coefficient (Wildman–Crippen LogP) is 3.41. The van der Waals surface area contributed by atoms with Crippen LogP contribution < -0.4 is 0 Å². The van der Waals surface area contributed by atoms with Gasteiger partial charge < -0.3 is 0 Å². The molecule has 0 saturated carbocycles. The Kier molecular flexibility index (Phi) is 2.52. The van der Waals surface area contributed by atoms with Crippen LogP contribution in [0.25, 0.3) is 10.9 Å². The highest BCUT2D eigenvalue weighted by molar-refractivity contribution is 6.37. The second-order valence-electron chi connectivity index (χ2n) is 3.69. The molecule has 1 aromatic heterocycles. The van der Waals surface area contributed by atoms with Crippen LogP contribution in [0.15, 0.2) is 18.3 Å². The lowest BCUT2D eigenvalue weighted by Crippen LogP contribution is -1.93. The fourth-order valence-electron chi connectivity index (χ4n) is 1.75. The highest BCUT2D eigenvalue weighted by atomic mass is 35.5. The van der Waals surface area contributed by atoms with Crippen molar-refractivity contribution in [3.05, 3.63) is 44.6 Å². The van der Waals surface area contributed by atoms with E-state index in [1.165, 1.54) is 6.20 Å². The van der Waals surface area contributed by atoms with E-state index >= 15 is 0 Å². The number of rotatable bonds is 1. The molecular formula is C11H9ClN2O2. The molecule has 0 saturated heterocycles. The molecule has 0 radical (unpaired) electrons. The zero-order valence-electron chi connectivity index (χ0n) is 8.82. The second kappa shape index (κ2) is 3.72. The molecular weight excluding hydrogens is 228 g/mol. The van der Waals surface area contributed by atoms with Gasteiger partial charge in [-0.3, -0.25) is 10.1 Å². The quantitative estimate of drug-likeness (QED) is 0.563. The fraction of sp³-hybridized carbons (Fsp3) is 0.182. The molecule has 2 rings (SSSR count). The largest absolute Gasteiger partial charge is 0.306 e. The van der Waals surface area contributed by atoms with Crippen molar-refractivity contribution in [2.24, 2.45) is 0 Å². The molecule has 0 aliphatic carbocycles. The summed E-state index contributed by atoms with van der Waals surface area (Å²) >= 11 is 6.00. The van der Waals surface area contributed by atoms with Crippen molar-refractivity contribution in [2.75, 3.05) is 0 Å². The van der Waals surface area contributed by atoms with Crippen molar-refractivity contribution in [2.45, 2.75) is 13.8 Å². The van der Waals surface area contributed by atoms with E-state index in [4.69, 9.17) is 11.6 Å². The number of nitro groups is 1. The maximum Gasteiger partial charge on any atom is 0.306 e. The van der Waals surface area contributed by atoms with Crippen molar-refractivity contribution in [1.82, 2.24) is 4.98 Å². The summed E-state index contributed by atoms with van der Waals surface area (Å²) < 4.78 is 0. The summed E-state index contributed by atoms with van der Waals surface area (Å²) in [5, 5.41) is 11.5. The fourth-order valence-corrected chi connectivity index (χ4v) is 2.01. The van der Waals surface area contributed by atoms with Crippen LogP contribution in [0.3, 0.4) is 0 Å². The van der Waals surface area contributed by atoms with Gasteiger partial charge in [-0.2, -0.15) is 0 Å². The summed E-state index contributed by atoms with van der Waals surface area (Å²) in [6.45, 7) is 3.83. The minimum atomic E-state index is -0.521. The number of hydrogen-bond acceptors (Lipinski definition) is 3. The van der Waals surface area contributed by atoms with Crippen LogP contribution in [0.1, 0.15) is 11.1 Å². The summed E-state index contributed by atoms with van der Waals surface area (Å²) in [6.07, 6.45) is 1.20. The highest BCUT2D eigenvalue weighted by Gasteiger charge is 2.16. The van der Waals surface area contributed by atoms with Crippen molar-refractivity contribution in [3.8, 4) is 0 Å². The van der Waals surface area contributed by atoms with E-state index in [0.29, 0.717) is 10.9 Å². The summed E-state index contributed by atoms with van der Waals surface area (Å²) in [6, 6.07) is 3.78. The molecule has 82 valence electrons. The van der Waals surface area contributed by atoms with Gasteiger partial charge in [0.05, 0.1) is 10.4 Å². The maximum atomic E-state index is 10.7. The zero-order chi connectivity index (χ0) is 11.9. The summed E-state index contributed by atoms with van der Waals surface area (Å²) in [7, 11) is 0. The van der Waals surface area contributed by atoms with Crippen LogP contribution in [0, 0.1) is 24.0 Å². The lowest BCUT2D eigenvalue weighted by atomic mass is 10.1. The van der Waals surface area contributed by atoms with E-state index < -0.39 is 4.92 Å². The van der Waals surface area contributed by atoms with Crippen LogP contribution in [0.2, 0.25) is 5.02 Å². The van der Waals surface area contributed by atoms with E-state index in [-0.39, 0.29) is 10.7 Å². The standard InChI is InChI=1S/C11H9ClN2O2/c1-6-3-7(2)11-8(4-6)10(12)9(5-13-11)14(15)16/h3-5H,1-2H3. The van der Waals surface area contributed by atoms with Crippen LogP contribution in [0.5, 0.6) is 0 Å². The maximum absolute atomic E-state index is 10.7. The Labute approximate surface area is 97.0 Å². The topological polar surface area (TPSA) is 56.0 Å². The van der Waals surface area contributed by atoms with Crippen LogP contribution >= 0.6 is 11.6 Å². The lowest BCUT2D eigenvalue weighted by Gasteiger charge is -2.05. The van der Waals surface area contributed by atoms with Gasteiger partial charge in [-0.1, -0.05) is 23.2 Å². The first-order valence-corrected chi connectivity index (χ1v) is 5.08. The zero-order valence-corrected chi connectivity index (χ0v) is 9.58. The number of aryl methyl sites for hydroxylation is 2. The van der Waals surface area contributed by atoms with Gasteiger partial charge in [0.2, 0.25) is 0 Å². The van der Waals surface area contributed by atoms with Gasteiger partial charge in [0.15, 0.2) is 0 Å². The van der Waals surface area contributed by atoms with Crippen molar-refractivity contribution in [3.63, 3.8) is 0 Å². The van der Waals surface area contributed by atoms with Crippen LogP contribution in [0.4, 0.5) is 5.69 Å². The summed E-state index contributed by atoms with van der Waals surface area (Å²) in [4.78, 5) is 14.3. The SMILES string of the molecule is Cc1cc(C)c2ncc([N+](=O)[O-])c(Cl)c2c1. The van der Waals surface area contributed by atoms with Crippen molar-refractivity contribution in [1.29, 1.82) is 0 Å². The number of aromatic nitrogens is 1. The molecule has 1 heterocycles. The third-order valence-corrected chi connectivity index (χ3v) is 2.82. The first kappa shape index (κ1) is 10.8. The van der Waals surface area contributed by atoms with E-state index in [1.54, 1.807) is 0 Å². The predicted molar refractivity (Wildman–Crippen MR) is 62.9 cm³/mol. The van der Waals surface area contributed by atoms with Gasteiger partial charge in [-0.15, -0.1) is 0 Å². The molecule has 16 heavy (non-hydrogen) atoms. The van der Waals surface area contributed by atoms with Crippen molar-refractivity contribution >= 4 is 28.2 Å². The van der Waals surface area contributed by atoms with E-state index in [0.717, 1.165) is 11.1 Å². The first-order valence-electron chi connectivity index (χ1n) is 4.70. The summed E-state index contributed by atoms with van der Waals surface area (Å²) in [5.41, 5.74) is 2.53. The molecule has 5 heteroatoms. The molecule has 1 aromatic carbocycles. The van der Waals surface area contributed by atoms with Gasteiger partial charge in [0.25, 0.3) is 0 Å². The Hall–Kier alpha value is -1.68. The molecule has 0 bridgehead atoms. The Morgan fingerprint density at radius 3 is 2.69 bits per heavy atom. The monoisotopic (exact) mass is 236 g/mol. The Morgan fingerprint density at radius 1 is 1.38 bits per heavy atom. The molecule has 4 nitrogen and oxygen atoms in total. The van der Waals surface area contributed by atoms with Gasteiger partial charge in [-0.25, -0.2) is 4.98 Å². The Morgan fingerprint density at radius 2 is 2.06 bits per heavy atom. The van der Waals surface area contributed by atoms with Gasteiger partial charge >= 0.3 is 5.69 Å². The van der Waals surface area contributed by atoms with Crippen LogP contribution in [-0.2, 0) is 0 Å². The molecule has 0 atom stereocenters. The number of benzene rings is 1. The average Bonchev–Trinajstić information content (AvgIpc) is 2.19. The average molecular weight is 237 g/mol. The molecule has 0 fully saturated rings. The molecule has 0 unspecified atom stereocenters. The van der Waals surface area contributed by atoms with Crippen molar-refractivity contribution < 1.29 is 4.92 Å². The minimum absolute atomic E-state index is 0.154. The smallest absolute Gasteiger partial charge is 0.258 e. The van der Waals surface area contributed by atoms with E-state index in [9.17, 15) is 10.1 Å². The molecule has 0 aliphatic rings. The number of hydrogen-bond donors (Lipinski definition) is 0. The van der Waals surface area contributed by atoms with Crippen LogP contribution in [-0.4, -0.2) is 9.91 Å². The Balaban J connectivity index is 2.89. The third-order valence-electron chi connectivity index (χ3n) is 2.42. The third kappa shape index (κ3) is 1.61. The number of pyridine rings is 1. The van der Waals surface area contributed by atoms with Gasteiger partial charge in [0.1, 0.15) is 11.2 Å². The minimum Gasteiger partial charge on any atom is -0.258 e. The van der Waals surface area contributed by atoms with E-state index in [2.05, 4.69) is 4.98 Å².